The molecule has 1 aromatic carbocycles. The largest absolute Gasteiger partial charge is 0.419 e. The van der Waals surface area contributed by atoms with Gasteiger partial charge in [0, 0.05) is 5.92 Å². The van der Waals surface area contributed by atoms with Crippen LogP contribution < -0.4 is 11.1 Å². The van der Waals surface area contributed by atoms with Crippen molar-refractivity contribution in [3.8, 4) is 0 Å². The molecule has 3 nitrogen and oxygen atoms in total. The lowest BCUT2D eigenvalue weighted by Gasteiger charge is -2.19. The first-order valence-electron chi connectivity index (χ1n) is 6.00. The van der Waals surface area contributed by atoms with Crippen LogP contribution in [0.25, 0.3) is 0 Å². The van der Waals surface area contributed by atoms with E-state index in [-0.39, 0.29) is 17.4 Å². The molecule has 1 atom stereocenters. The van der Waals surface area contributed by atoms with E-state index in [4.69, 9.17) is 5.73 Å². The molecule has 3 N–H and O–H groups in total. The van der Waals surface area contributed by atoms with Crippen molar-refractivity contribution >= 4 is 11.6 Å². The molecule has 0 aliphatic heterocycles. The summed E-state index contributed by atoms with van der Waals surface area (Å²) in [7, 11) is 0. The number of carbonyl (C=O) groups is 1. The van der Waals surface area contributed by atoms with Gasteiger partial charge < -0.3 is 11.1 Å². The van der Waals surface area contributed by atoms with Crippen LogP contribution in [0.3, 0.4) is 0 Å². The molecule has 1 aromatic rings. The molecule has 0 heterocycles. The van der Waals surface area contributed by atoms with Crippen LogP contribution in [0.1, 0.15) is 37.9 Å². The Morgan fingerprint density at radius 3 is 2.25 bits per heavy atom. The molecule has 0 radical (unpaired) electrons. The first kappa shape index (κ1) is 16.3. The van der Waals surface area contributed by atoms with Gasteiger partial charge >= 0.3 is 6.18 Å². The van der Waals surface area contributed by atoms with Gasteiger partial charge in [-0.2, -0.15) is 13.2 Å². The Morgan fingerprint density at radius 2 is 1.80 bits per heavy atom. The number of nitrogens with two attached hydrogens (primary N) is 1. The van der Waals surface area contributed by atoms with Crippen molar-refractivity contribution < 1.29 is 22.4 Å². The predicted molar refractivity (Wildman–Crippen MR) is 67.2 cm³/mol. The lowest BCUT2D eigenvalue weighted by atomic mass is 10.0. The molecule has 0 aliphatic rings. The summed E-state index contributed by atoms with van der Waals surface area (Å²) in [6.45, 7) is 4.82. The van der Waals surface area contributed by atoms with Gasteiger partial charge in [-0.25, -0.2) is 4.39 Å². The average molecular weight is 292 g/mol. The van der Waals surface area contributed by atoms with E-state index in [1.54, 1.807) is 13.8 Å². The summed E-state index contributed by atoms with van der Waals surface area (Å²) in [5.74, 6) is -2.12. The third-order valence-corrected chi connectivity index (χ3v) is 2.81. The van der Waals surface area contributed by atoms with Crippen molar-refractivity contribution in [3.05, 3.63) is 29.1 Å². The SMILES string of the molecule is CC(C)C(=O)N[C@H](C)c1cc(N)c(F)c(C(F)(F)F)c1. The fraction of sp³-hybridized carbons (Fsp3) is 0.462. The number of anilines is 1. The highest BCUT2D eigenvalue weighted by Crippen LogP contribution is 2.35. The van der Waals surface area contributed by atoms with Crippen LogP contribution in [0, 0.1) is 11.7 Å². The molecule has 0 spiro atoms. The molecule has 0 saturated heterocycles. The maximum atomic E-state index is 13.4. The smallest absolute Gasteiger partial charge is 0.396 e. The number of carbonyl (C=O) groups excluding carboxylic acids is 1. The summed E-state index contributed by atoms with van der Waals surface area (Å²) in [6.07, 6.45) is -4.84. The number of halogens is 4. The minimum absolute atomic E-state index is 0.102. The Morgan fingerprint density at radius 1 is 1.25 bits per heavy atom. The molecule has 0 fully saturated rings. The zero-order valence-electron chi connectivity index (χ0n) is 11.3. The van der Waals surface area contributed by atoms with Gasteiger partial charge in [0.05, 0.1) is 17.3 Å². The fourth-order valence-corrected chi connectivity index (χ4v) is 1.59. The van der Waals surface area contributed by atoms with Gasteiger partial charge in [0.2, 0.25) is 5.91 Å². The summed E-state index contributed by atoms with van der Waals surface area (Å²) in [6, 6.07) is 1.06. The number of hydrogen-bond donors (Lipinski definition) is 2. The number of alkyl halides is 3. The van der Waals surface area contributed by atoms with Crippen LogP contribution in [-0.2, 0) is 11.0 Å². The fourth-order valence-electron chi connectivity index (χ4n) is 1.59. The maximum absolute atomic E-state index is 13.4. The molecular weight excluding hydrogens is 276 g/mol. The second-order valence-corrected chi connectivity index (χ2v) is 4.85. The van der Waals surface area contributed by atoms with Gasteiger partial charge in [-0.1, -0.05) is 13.8 Å². The lowest BCUT2D eigenvalue weighted by Crippen LogP contribution is -2.30. The number of rotatable bonds is 3. The second-order valence-electron chi connectivity index (χ2n) is 4.85. The van der Waals surface area contributed by atoms with Crippen LogP contribution in [0.15, 0.2) is 12.1 Å². The topological polar surface area (TPSA) is 55.1 Å². The molecule has 1 amide bonds. The molecule has 0 aromatic heterocycles. The summed E-state index contributed by atoms with van der Waals surface area (Å²) in [5.41, 5.74) is 3.33. The molecular formula is C13H16F4N2O. The zero-order chi connectivity index (χ0) is 15.7. The van der Waals surface area contributed by atoms with Gasteiger partial charge in [0.1, 0.15) is 0 Å². The highest BCUT2D eigenvalue weighted by atomic mass is 19.4. The van der Waals surface area contributed by atoms with Crippen molar-refractivity contribution in [3.63, 3.8) is 0 Å². The Bertz CT molecular complexity index is 512. The van der Waals surface area contributed by atoms with Gasteiger partial charge in [-0.15, -0.1) is 0 Å². The van der Waals surface area contributed by atoms with E-state index in [1.165, 1.54) is 6.92 Å². The van der Waals surface area contributed by atoms with E-state index in [2.05, 4.69) is 5.32 Å². The molecule has 0 saturated carbocycles. The number of hydrogen-bond acceptors (Lipinski definition) is 2. The maximum Gasteiger partial charge on any atom is 0.419 e. The summed E-state index contributed by atoms with van der Waals surface area (Å²) in [5, 5.41) is 2.54. The number of nitrogen functional groups attached to an aromatic ring is 1. The lowest BCUT2D eigenvalue weighted by molar-refractivity contribution is -0.139. The van der Waals surface area contributed by atoms with E-state index >= 15 is 0 Å². The molecule has 112 valence electrons. The summed E-state index contributed by atoms with van der Waals surface area (Å²) in [4.78, 5) is 11.5. The quantitative estimate of drug-likeness (QED) is 0.663. The van der Waals surface area contributed by atoms with Crippen LogP contribution >= 0.6 is 0 Å². The Balaban J connectivity index is 3.14. The molecule has 0 unspecified atom stereocenters. The molecule has 20 heavy (non-hydrogen) atoms. The van der Waals surface area contributed by atoms with Crippen LogP contribution in [-0.4, -0.2) is 5.91 Å². The molecule has 0 aliphatic carbocycles. The van der Waals surface area contributed by atoms with Gasteiger partial charge in [-0.05, 0) is 24.6 Å². The minimum atomic E-state index is -4.84. The number of amides is 1. The Labute approximate surface area is 114 Å². The summed E-state index contributed by atoms with van der Waals surface area (Å²) >= 11 is 0. The molecule has 7 heteroatoms. The van der Waals surface area contributed by atoms with E-state index in [0.29, 0.717) is 6.07 Å². The van der Waals surface area contributed by atoms with Crippen molar-refractivity contribution in [1.82, 2.24) is 5.32 Å². The zero-order valence-corrected chi connectivity index (χ0v) is 11.3. The molecule has 0 bridgehead atoms. The van der Waals surface area contributed by atoms with Crippen molar-refractivity contribution in [2.75, 3.05) is 5.73 Å². The first-order chi connectivity index (χ1) is 9.04. The van der Waals surface area contributed by atoms with Gasteiger partial charge in [-0.3, -0.25) is 4.79 Å². The van der Waals surface area contributed by atoms with Crippen LogP contribution in [0.4, 0.5) is 23.2 Å². The highest BCUT2D eigenvalue weighted by molar-refractivity contribution is 5.78. The highest BCUT2D eigenvalue weighted by Gasteiger charge is 2.35. The Kier molecular flexibility index (Phi) is 4.62. The third kappa shape index (κ3) is 3.61. The molecule has 1 rings (SSSR count). The van der Waals surface area contributed by atoms with Crippen LogP contribution in [0.2, 0.25) is 0 Å². The Hall–Kier alpha value is -1.79. The van der Waals surface area contributed by atoms with Crippen molar-refractivity contribution in [2.24, 2.45) is 5.92 Å². The van der Waals surface area contributed by atoms with Crippen LogP contribution in [0.5, 0.6) is 0 Å². The number of nitrogens with one attached hydrogen (secondary N) is 1. The minimum Gasteiger partial charge on any atom is -0.396 e. The predicted octanol–water partition coefficient (Wildman–Crippen LogP) is 3.26. The first-order valence-corrected chi connectivity index (χ1v) is 6.00. The standard InChI is InChI=1S/C13H16F4N2O/c1-6(2)12(20)19-7(3)8-4-9(13(15,16)17)11(14)10(18)5-8/h4-7H,18H2,1-3H3,(H,19,20)/t7-/m1/s1. The van der Waals surface area contributed by atoms with E-state index < -0.39 is 29.3 Å². The van der Waals surface area contributed by atoms with Crippen molar-refractivity contribution in [1.29, 1.82) is 0 Å². The monoisotopic (exact) mass is 292 g/mol. The second kappa shape index (κ2) is 5.68. The van der Waals surface area contributed by atoms with E-state index in [0.717, 1.165) is 6.07 Å². The van der Waals surface area contributed by atoms with E-state index in [9.17, 15) is 22.4 Å². The summed E-state index contributed by atoms with van der Waals surface area (Å²) < 4.78 is 51.4. The van der Waals surface area contributed by atoms with Crippen molar-refractivity contribution in [2.45, 2.75) is 33.0 Å². The average Bonchev–Trinajstić information content (AvgIpc) is 2.30. The third-order valence-electron chi connectivity index (χ3n) is 2.81. The van der Waals surface area contributed by atoms with E-state index in [1.807, 2.05) is 0 Å². The normalized spacial score (nSPS) is 13.4. The van der Waals surface area contributed by atoms with Gasteiger partial charge in [0.15, 0.2) is 5.82 Å². The number of benzene rings is 1. The van der Waals surface area contributed by atoms with Gasteiger partial charge in [0.25, 0.3) is 0 Å².